The van der Waals surface area contributed by atoms with Crippen LogP contribution in [0.5, 0.6) is 0 Å². The molecule has 0 aliphatic carbocycles. The van der Waals surface area contributed by atoms with Crippen LogP contribution >= 0.6 is 23.2 Å². The minimum Gasteiger partial charge on any atom is -0.346 e. The van der Waals surface area contributed by atoms with Crippen molar-refractivity contribution < 1.29 is 4.79 Å². The fourth-order valence-corrected chi connectivity index (χ4v) is 3.85. The van der Waals surface area contributed by atoms with E-state index in [0.29, 0.717) is 22.2 Å². The molecular weight excluding hydrogens is 345 g/mol. The fraction of sp³-hybridized carbons (Fsp3) is 0.222. The lowest BCUT2D eigenvalue weighted by Crippen LogP contribution is -2.30. The van der Waals surface area contributed by atoms with Crippen molar-refractivity contribution >= 4 is 40.1 Å². The van der Waals surface area contributed by atoms with E-state index in [1.54, 1.807) is 24.5 Å². The van der Waals surface area contributed by atoms with Crippen molar-refractivity contribution in [2.24, 2.45) is 0 Å². The fourth-order valence-electron chi connectivity index (χ4n) is 3.41. The van der Waals surface area contributed by atoms with Gasteiger partial charge in [-0.3, -0.25) is 4.79 Å². The Kier molecular flexibility index (Phi) is 3.94. The molecule has 1 fully saturated rings. The number of nitrogens with zero attached hydrogens (tertiary/aromatic N) is 2. The lowest BCUT2D eigenvalue weighted by molar-refractivity contribution is 0.0737. The molecular formula is C18H15Cl2N3O. The van der Waals surface area contributed by atoms with Gasteiger partial charge in [-0.05, 0) is 36.6 Å². The van der Waals surface area contributed by atoms with E-state index in [2.05, 4.69) is 9.97 Å². The third-order valence-electron chi connectivity index (χ3n) is 4.54. The third-order valence-corrected chi connectivity index (χ3v) is 5.38. The van der Waals surface area contributed by atoms with Crippen molar-refractivity contribution in [2.45, 2.75) is 18.9 Å². The highest BCUT2D eigenvalue weighted by Gasteiger charge is 2.32. The zero-order valence-electron chi connectivity index (χ0n) is 12.8. The first-order valence-electron chi connectivity index (χ1n) is 7.84. The lowest BCUT2D eigenvalue weighted by Gasteiger charge is -2.26. The Morgan fingerprint density at radius 3 is 3.00 bits per heavy atom. The zero-order chi connectivity index (χ0) is 16.7. The SMILES string of the molecule is O=C(c1ccnc2[nH]ccc12)N1CCCC1c1cccc(Cl)c1Cl. The predicted octanol–water partition coefficient (Wildman–Crippen LogP) is 4.85. The molecule has 1 N–H and O–H groups in total. The summed E-state index contributed by atoms with van der Waals surface area (Å²) in [6.45, 7) is 0.709. The van der Waals surface area contributed by atoms with Gasteiger partial charge in [-0.15, -0.1) is 0 Å². The first-order valence-corrected chi connectivity index (χ1v) is 8.59. The Bertz CT molecular complexity index is 922. The quantitative estimate of drug-likeness (QED) is 0.710. The second-order valence-corrected chi connectivity index (χ2v) is 6.68. The van der Waals surface area contributed by atoms with Crippen LogP contribution in [0.3, 0.4) is 0 Å². The van der Waals surface area contributed by atoms with Crippen LogP contribution in [0, 0.1) is 0 Å². The van der Waals surface area contributed by atoms with E-state index < -0.39 is 0 Å². The van der Waals surface area contributed by atoms with E-state index in [-0.39, 0.29) is 11.9 Å². The van der Waals surface area contributed by atoms with Gasteiger partial charge in [0, 0.05) is 24.3 Å². The van der Waals surface area contributed by atoms with Gasteiger partial charge in [0.1, 0.15) is 5.65 Å². The average Bonchev–Trinajstić information content (AvgIpc) is 3.25. The maximum absolute atomic E-state index is 13.1. The maximum atomic E-state index is 13.1. The third kappa shape index (κ3) is 2.46. The van der Waals surface area contributed by atoms with Crippen molar-refractivity contribution in [2.75, 3.05) is 6.54 Å². The summed E-state index contributed by atoms with van der Waals surface area (Å²) in [6, 6.07) is 9.19. The second kappa shape index (κ2) is 6.11. The first kappa shape index (κ1) is 15.5. The number of aromatic nitrogens is 2. The molecule has 0 bridgehead atoms. The molecule has 1 unspecified atom stereocenters. The molecule has 1 aliphatic rings. The summed E-state index contributed by atoms with van der Waals surface area (Å²) in [7, 11) is 0. The molecule has 0 saturated carbocycles. The number of nitrogens with one attached hydrogen (secondary N) is 1. The molecule has 122 valence electrons. The van der Waals surface area contributed by atoms with E-state index in [9.17, 15) is 4.79 Å². The number of benzene rings is 1. The van der Waals surface area contributed by atoms with E-state index >= 15 is 0 Å². The Morgan fingerprint density at radius 2 is 2.12 bits per heavy atom. The average molecular weight is 360 g/mol. The van der Waals surface area contributed by atoms with E-state index in [1.807, 2.05) is 23.1 Å². The van der Waals surface area contributed by atoms with Crippen molar-refractivity contribution in [1.29, 1.82) is 0 Å². The summed E-state index contributed by atoms with van der Waals surface area (Å²) in [5.41, 5.74) is 2.29. The number of carbonyl (C=O) groups is 1. The summed E-state index contributed by atoms with van der Waals surface area (Å²) in [5, 5.41) is 1.89. The van der Waals surface area contributed by atoms with Crippen molar-refractivity contribution in [3.05, 3.63) is 63.9 Å². The molecule has 6 heteroatoms. The van der Waals surface area contributed by atoms with Gasteiger partial charge in [0.25, 0.3) is 5.91 Å². The van der Waals surface area contributed by atoms with Crippen LogP contribution in [0.25, 0.3) is 11.0 Å². The number of carbonyl (C=O) groups excluding carboxylic acids is 1. The molecule has 2 aromatic heterocycles. The van der Waals surface area contributed by atoms with Crippen LogP contribution in [-0.2, 0) is 0 Å². The molecule has 1 aliphatic heterocycles. The van der Waals surface area contributed by atoms with Gasteiger partial charge < -0.3 is 9.88 Å². The largest absolute Gasteiger partial charge is 0.346 e. The summed E-state index contributed by atoms with van der Waals surface area (Å²) in [6.07, 6.45) is 5.28. The molecule has 1 atom stereocenters. The van der Waals surface area contributed by atoms with E-state index in [0.717, 1.165) is 29.4 Å². The van der Waals surface area contributed by atoms with Crippen LogP contribution in [-0.4, -0.2) is 27.3 Å². The molecule has 1 saturated heterocycles. The van der Waals surface area contributed by atoms with Crippen LogP contribution < -0.4 is 0 Å². The Balaban J connectivity index is 1.74. The predicted molar refractivity (Wildman–Crippen MR) is 95.6 cm³/mol. The van der Waals surface area contributed by atoms with Gasteiger partial charge in [0.2, 0.25) is 0 Å². The highest BCUT2D eigenvalue weighted by molar-refractivity contribution is 6.42. The van der Waals surface area contributed by atoms with Crippen LogP contribution in [0.1, 0.15) is 34.8 Å². The van der Waals surface area contributed by atoms with Crippen molar-refractivity contribution in [3.63, 3.8) is 0 Å². The standard InChI is InChI=1S/C18H15Cl2N3O/c19-14-4-1-3-13(16(14)20)15-5-2-10-23(15)18(24)12-7-9-22-17-11(12)6-8-21-17/h1,3-4,6-9,15H,2,5,10H2,(H,21,22). The first-order chi connectivity index (χ1) is 11.7. The molecule has 4 rings (SSSR count). The van der Waals surface area contributed by atoms with Gasteiger partial charge >= 0.3 is 0 Å². The normalized spacial score (nSPS) is 17.6. The molecule has 4 nitrogen and oxygen atoms in total. The van der Waals surface area contributed by atoms with Gasteiger partial charge in [0.15, 0.2) is 0 Å². The topological polar surface area (TPSA) is 49.0 Å². The Hall–Kier alpha value is -2.04. The zero-order valence-corrected chi connectivity index (χ0v) is 14.3. The number of rotatable bonds is 2. The smallest absolute Gasteiger partial charge is 0.255 e. The number of H-pyrrole nitrogens is 1. The van der Waals surface area contributed by atoms with Crippen LogP contribution in [0.15, 0.2) is 42.7 Å². The molecule has 0 spiro atoms. The number of likely N-dealkylation sites (tertiary alicyclic amines) is 1. The monoisotopic (exact) mass is 359 g/mol. The van der Waals surface area contributed by atoms with Crippen LogP contribution in [0.2, 0.25) is 10.0 Å². The lowest BCUT2D eigenvalue weighted by atomic mass is 10.0. The van der Waals surface area contributed by atoms with E-state index in [4.69, 9.17) is 23.2 Å². The number of hydrogen-bond donors (Lipinski definition) is 1. The summed E-state index contributed by atoms with van der Waals surface area (Å²) in [4.78, 5) is 22.3. The molecule has 1 amide bonds. The minimum atomic E-state index is -0.0501. The van der Waals surface area contributed by atoms with Gasteiger partial charge in [-0.1, -0.05) is 35.3 Å². The number of pyridine rings is 1. The van der Waals surface area contributed by atoms with Gasteiger partial charge in [0.05, 0.1) is 21.7 Å². The summed E-state index contributed by atoms with van der Waals surface area (Å²) >= 11 is 12.5. The Morgan fingerprint density at radius 1 is 1.25 bits per heavy atom. The number of aromatic amines is 1. The number of amides is 1. The maximum Gasteiger partial charge on any atom is 0.255 e. The number of fused-ring (bicyclic) bond motifs is 1. The minimum absolute atomic E-state index is 0.000502. The van der Waals surface area contributed by atoms with Gasteiger partial charge in [-0.25, -0.2) is 4.98 Å². The second-order valence-electron chi connectivity index (χ2n) is 5.90. The molecule has 24 heavy (non-hydrogen) atoms. The number of halogens is 2. The summed E-state index contributed by atoms with van der Waals surface area (Å²) < 4.78 is 0. The van der Waals surface area contributed by atoms with Gasteiger partial charge in [-0.2, -0.15) is 0 Å². The number of hydrogen-bond acceptors (Lipinski definition) is 2. The molecule has 1 aromatic carbocycles. The Labute approximate surface area is 149 Å². The van der Waals surface area contributed by atoms with Crippen molar-refractivity contribution in [1.82, 2.24) is 14.9 Å². The summed E-state index contributed by atoms with van der Waals surface area (Å²) in [5.74, 6) is 0.000502. The molecule has 0 radical (unpaired) electrons. The highest BCUT2D eigenvalue weighted by Crippen LogP contribution is 2.39. The highest BCUT2D eigenvalue weighted by atomic mass is 35.5. The molecule has 3 aromatic rings. The van der Waals surface area contributed by atoms with Crippen LogP contribution in [0.4, 0.5) is 0 Å². The van der Waals surface area contributed by atoms with E-state index in [1.165, 1.54) is 0 Å². The van der Waals surface area contributed by atoms with Crippen molar-refractivity contribution in [3.8, 4) is 0 Å². The molecule has 3 heterocycles.